The van der Waals surface area contributed by atoms with Gasteiger partial charge in [0.15, 0.2) is 17.6 Å². The van der Waals surface area contributed by atoms with E-state index in [-0.39, 0.29) is 5.56 Å². The first-order chi connectivity index (χ1) is 16.5. The smallest absolute Gasteiger partial charge is 0.372 e. The van der Waals surface area contributed by atoms with Gasteiger partial charge in [-0.1, -0.05) is 18.2 Å². The summed E-state index contributed by atoms with van der Waals surface area (Å²) in [5.41, 5.74) is 2.01. The van der Waals surface area contributed by atoms with Crippen LogP contribution in [0.25, 0.3) is 17.1 Å². The molecule has 0 aliphatic rings. The normalized spacial score (nSPS) is 12.6. The van der Waals surface area contributed by atoms with Gasteiger partial charge >= 0.3 is 24.2 Å². The number of fused-ring (bicyclic) bond motifs is 1. The van der Waals surface area contributed by atoms with Crippen molar-refractivity contribution in [2.45, 2.75) is 45.2 Å². The van der Waals surface area contributed by atoms with E-state index in [9.17, 15) is 31.1 Å². The van der Waals surface area contributed by atoms with Crippen molar-refractivity contribution in [3.8, 4) is 0 Å². The molecule has 0 bridgehead atoms. The molecule has 11 heteroatoms. The van der Waals surface area contributed by atoms with Crippen LogP contribution in [-0.4, -0.2) is 35.4 Å². The highest BCUT2D eigenvalue weighted by Gasteiger charge is 2.63. The SMILES string of the molecule is CCn1c(C=CNc2ccccc2)[n+](CC)c2ccc(C(=O)OCC(F)(F)C(F)(F)C(F)F)cc21. The molecule has 0 atom stereocenters. The number of benzene rings is 2. The fourth-order valence-electron chi connectivity index (χ4n) is 3.57. The number of hydrogen-bond donors (Lipinski definition) is 1. The van der Waals surface area contributed by atoms with E-state index < -0.39 is 30.8 Å². The minimum atomic E-state index is -5.63. The molecule has 1 aromatic heterocycles. The first kappa shape index (κ1) is 26.1. The van der Waals surface area contributed by atoms with Gasteiger partial charge in [0.05, 0.1) is 18.7 Å². The monoisotopic (exact) mass is 500 g/mol. The minimum absolute atomic E-state index is 0.179. The Hall–Kier alpha value is -3.50. The summed E-state index contributed by atoms with van der Waals surface area (Å²) >= 11 is 0. The lowest BCUT2D eigenvalue weighted by Gasteiger charge is -2.25. The van der Waals surface area contributed by atoms with Gasteiger partial charge in [0.1, 0.15) is 0 Å². The van der Waals surface area contributed by atoms with Crippen molar-refractivity contribution < 1.29 is 40.4 Å². The van der Waals surface area contributed by atoms with Crippen LogP contribution in [0.2, 0.25) is 0 Å². The van der Waals surface area contributed by atoms with Crippen LogP contribution in [0.15, 0.2) is 54.7 Å². The highest BCUT2D eigenvalue weighted by molar-refractivity contribution is 5.93. The van der Waals surface area contributed by atoms with Gasteiger partial charge in [-0.25, -0.2) is 22.7 Å². The molecule has 1 N–H and O–H groups in total. The molecule has 0 fully saturated rings. The van der Waals surface area contributed by atoms with E-state index in [0.717, 1.165) is 17.0 Å². The number of carbonyl (C=O) groups excluding carboxylic acids is 1. The van der Waals surface area contributed by atoms with Gasteiger partial charge in [0.2, 0.25) is 0 Å². The van der Waals surface area contributed by atoms with Crippen LogP contribution in [0.4, 0.5) is 32.0 Å². The summed E-state index contributed by atoms with van der Waals surface area (Å²) in [6.07, 6.45) is -1.01. The number of anilines is 1. The topological polar surface area (TPSA) is 47.1 Å². The van der Waals surface area contributed by atoms with E-state index in [1.165, 1.54) is 12.1 Å². The minimum Gasteiger partial charge on any atom is -0.455 e. The van der Waals surface area contributed by atoms with Crippen LogP contribution < -0.4 is 9.88 Å². The Kier molecular flexibility index (Phi) is 7.76. The fourth-order valence-corrected chi connectivity index (χ4v) is 3.57. The third-order valence-corrected chi connectivity index (χ3v) is 5.38. The molecule has 35 heavy (non-hydrogen) atoms. The van der Waals surface area contributed by atoms with Gasteiger partial charge in [-0.3, -0.25) is 0 Å². The molecular weight excluding hydrogens is 476 g/mol. The number of alkyl halides is 6. The van der Waals surface area contributed by atoms with E-state index in [1.54, 1.807) is 12.3 Å². The van der Waals surface area contributed by atoms with Gasteiger partial charge < -0.3 is 10.1 Å². The Morgan fingerprint density at radius 2 is 1.80 bits per heavy atom. The lowest BCUT2D eigenvalue weighted by atomic mass is 10.2. The average molecular weight is 500 g/mol. The molecule has 0 aliphatic carbocycles. The number of para-hydroxylation sites is 1. The zero-order valence-electron chi connectivity index (χ0n) is 19.0. The van der Waals surface area contributed by atoms with Crippen LogP contribution >= 0.6 is 0 Å². The summed E-state index contributed by atoms with van der Waals surface area (Å²) in [5, 5.41) is 3.15. The first-order valence-electron chi connectivity index (χ1n) is 10.8. The number of carbonyl (C=O) groups is 1. The molecule has 0 amide bonds. The molecule has 188 valence electrons. The van der Waals surface area contributed by atoms with E-state index in [0.29, 0.717) is 18.6 Å². The quantitative estimate of drug-likeness (QED) is 0.219. The van der Waals surface area contributed by atoms with Crippen molar-refractivity contribution in [2.75, 3.05) is 11.9 Å². The Bertz CT molecular complexity index is 1210. The zero-order valence-corrected chi connectivity index (χ0v) is 19.0. The molecule has 3 aromatic rings. The molecular formula is C24H24F6N3O2+. The maximum Gasteiger partial charge on any atom is 0.372 e. The summed E-state index contributed by atoms with van der Waals surface area (Å²) < 4.78 is 85.9. The molecule has 0 aliphatic heterocycles. The van der Waals surface area contributed by atoms with Crippen molar-refractivity contribution >= 4 is 28.8 Å². The number of imidazole rings is 1. The van der Waals surface area contributed by atoms with E-state index >= 15 is 0 Å². The van der Waals surface area contributed by atoms with Crippen molar-refractivity contribution in [1.82, 2.24) is 4.57 Å². The number of nitrogens with one attached hydrogen (secondary N) is 1. The maximum atomic E-state index is 13.5. The molecule has 2 aromatic carbocycles. The van der Waals surface area contributed by atoms with Gasteiger partial charge in [-0.05, 0) is 38.1 Å². The Morgan fingerprint density at radius 3 is 2.40 bits per heavy atom. The number of esters is 1. The number of ether oxygens (including phenoxy) is 1. The number of rotatable bonds is 10. The molecule has 3 rings (SSSR count). The van der Waals surface area contributed by atoms with Gasteiger partial charge in [-0.2, -0.15) is 17.6 Å². The van der Waals surface area contributed by atoms with Gasteiger partial charge in [0, 0.05) is 24.0 Å². The summed E-state index contributed by atoms with van der Waals surface area (Å²) in [6.45, 7) is 2.69. The van der Waals surface area contributed by atoms with Crippen molar-refractivity contribution in [3.63, 3.8) is 0 Å². The predicted octanol–water partition coefficient (Wildman–Crippen LogP) is 5.74. The van der Waals surface area contributed by atoms with Crippen LogP contribution in [0.3, 0.4) is 0 Å². The summed E-state index contributed by atoms with van der Waals surface area (Å²) in [5.74, 6) is -11.4. The van der Waals surface area contributed by atoms with Crippen LogP contribution in [0, 0.1) is 0 Å². The second-order valence-corrected chi connectivity index (χ2v) is 7.60. The molecule has 1 heterocycles. The lowest BCUT2D eigenvalue weighted by Crippen LogP contribution is -2.49. The molecule has 0 radical (unpaired) electrons. The summed E-state index contributed by atoms with van der Waals surface area (Å²) in [7, 11) is 0. The number of aryl methyl sites for hydroxylation is 2. The van der Waals surface area contributed by atoms with Gasteiger partial charge in [0.25, 0.3) is 5.82 Å². The van der Waals surface area contributed by atoms with E-state index in [4.69, 9.17) is 0 Å². The molecule has 0 unspecified atom stereocenters. The van der Waals surface area contributed by atoms with Crippen LogP contribution in [0.5, 0.6) is 0 Å². The highest BCUT2D eigenvalue weighted by atomic mass is 19.3. The average Bonchev–Trinajstić information content (AvgIpc) is 3.14. The van der Waals surface area contributed by atoms with Crippen LogP contribution in [0.1, 0.15) is 30.0 Å². The second-order valence-electron chi connectivity index (χ2n) is 7.60. The number of hydrogen-bond acceptors (Lipinski definition) is 3. The third-order valence-electron chi connectivity index (χ3n) is 5.38. The molecule has 5 nitrogen and oxygen atoms in total. The Labute approximate surface area is 197 Å². The van der Waals surface area contributed by atoms with Crippen LogP contribution in [-0.2, 0) is 17.8 Å². The number of aromatic nitrogens is 2. The summed E-state index contributed by atoms with van der Waals surface area (Å²) in [4.78, 5) is 12.3. The largest absolute Gasteiger partial charge is 0.455 e. The van der Waals surface area contributed by atoms with Crippen molar-refractivity contribution in [2.24, 2.45) is 0 Å². The predicted molar refractivity (Wildman–Crippen MR) is 119 cm³/mol. The highest BCUT2D eigenvalue weighted by Crippen LogP contribution is 2.39. The number of nitrogens with zero attached hydrogens (tertiary/aromatic N) is 2. The standard InChI is InChI=1S/C24H23F6N3O2/c1-3-32-18-11-10-16(21(34)35-15-23(27,28)24(29,30)22(25)26)14-19(18)33(4-2)20(32)12-13-31-17-8-6-5-7-9-17/h5-14,22H,3-4,15H2,1-2H3/p+1. The third kappa shape index (κ3) is 5.28. The van der Waals surface area contributed by atoms with Crippen molar-refractivity contribution in [1.29, 1.82) is 0 Å². The Morgan fingerprint density at radius 1 is 1.11 bits per heavy atom. The maximum absolute atomic E-state index is 13.5. The first-order valence-corrected chi connectivity index (χ1v) is 10.8. The van der Waals surface area contributed by atoms with Gasteiger partial charge in [-0.15, -0.1) is 0 Å². The van der Waals surface area contributed by atoms with E-state index in [1.807, 2.05) is 59.4 Å². The second kappa shape index (κ2) is 10.4. The van der Waals surface area contributed by atoms with E-state index in [2.05, 4.69) is 10.1 Å². The fraction of sp³-hybridized carbons (Fsp3) is 0.333. The summed E-state index contributed by atoms with van der Waals surface area (Å²) in [6, 6.07) is 13.7. The lowest BCUT2D eigenvalue weighted by molar-refractivity contribution is -0.670. The molecule has 0 saturated heterocycles. The molecule has 0 spiro atoms. The number of halogens is 6. The van der Waals surface area contributed by atoms with Crippen molar-refractivity contribution in [3.05, 3.63) is 66.1 Å². The zero-order chi connectivity index (χ0) is 25.8. The Balaban J connectivity index is 1.88. The molecule has 0 saturated carbocycles.